The predicted molar refractivity (Wildman–Crippen MR) is 73.7 cm³/mol. The molecule has 4 heteroatoms. The fraction of sp³-hybridized carbons (Fsp3) is 0.600. The van der Waals surface area contributed by atoms with E-state index in [9.17, 15) is 9.90 Å². The van der Waals surface area contributed by atoms with Gasteiger partial charge in [0, 0.05) is 19.3 Å². The van der Waals surface area contributed by atoms with Crippen molar-refractivity contribution in [2.75, 3.05) is 13.1 Å². The maximum Gasteiger partial charge on any atom is 0.309 e. The van der Waals surface area contributed by atoms with Gasteiger partial charge in [0.1, 0.15) is 0 Å². The molecule has 0 bridgehead atoms. The fourth-order valence-corrected chi connectivity index (χ4v) is 2.68. The van der Waals surface area contributed by atoms with Crippen LogP contribution in [0.25, 0.3) is 0 Å². The second-order valence-electron chi connectivity index (χ2n) is 5.92. The van der Waals surface area contributed by atoms with E-state index in [0.29, 0.717) is 0 Å². The lowest BCUT2D eigenvalue weighted by Crippen LogP contribution is -2.44. The lowest BCUT2D eigenvalue weighted by atomic mass is 9.74. The van der Waals surface area contributed by atoms with Crippen LogP contribution in [0.15, 0.2) is 24.4 Å². The van der Waals surface area contributed by atoms with E-state index >= 15 is 0 Å². The van der Waals surface area contributed by atoms with Crippen molar-refractivity contribution in [2.45, 2.75) is 33.2 Å². The molecule has 1 aromatic rings. The maximum absolute atomic E-state index is 11.4. The van der Waals surface area contributed by atoms with Crippen LogP contribution in [0.3, 0.4) is 0 Å². The minimum absolute atomic E-state index is 0.211. The molecule has 104 valence electrons. The first kappa shape index (κ1) is 14.0. The molecule has 1 fully saturated rings. The fourth-order valence-electron chi connectivity index (χ4n) is 2.68. The number of pyridine rings is 1. The zero-order valence-corrected chi connectivity index (χ0v) is 11.7. The average Bonchev–Trinajstić information content (AvgIpc) is 2.40. The number of hydrogen-bond acceptors (Lipinski definition) is 3. The minimum Gasteiger partial charge on any atom is -0.481 e. The molecule has 2 heterocycles. The number of carboxylic acid groups (broad SMARTS) is 1. The first-order valence-corrected chi connectivity index (χ1v) is 6.86. The van der Waals surface area contributed by atoms with Gasteiger partial charge in [0.15, 0.2) is 0 Å². The van der Waals surface area contributed by atoms with E-state index in [1.165, 1.54) is 0 Å². The number of carboxylic acids is 1. The first-order chi connectivity index (χ1) is 9.00. The highest BCUT2D eigenvalue weighted by Crippen LogP contribution is 2.34. The van der Waals surface area contributed by atoms with Crippen LogP contribution in [0.2, 0.25) is 0 Å². The Kier molecular flexibility index (Phi) is 4.20. The van der Waals surface area contributed by atoms with Crippen molar-refractivity contribution >= 4 is 5.97 Å². The zero-order valence-electron chi connectivity index (χ0n) is 11.7. The van der Waals surface area contributed by atoms with Gasteiger partial charge in [0.05, 0.1) is 11.1 Å². The number of rotatable bonds is 4. The number of aromatic nitrogens is 1. The van der Waals surface area contributed by atoms with Crippen LogP contribution < -0.4 is 0 Å². The molecule has 1 atom stereocenters. The quantitative estimate of drug-likeness (QED) is 0.905. The Morgan fingerprint density at radius 1 is 1.53 bits per heavy atom. The van der Waals surface area contributed by atoms with E-state index in [0.717, 1.165) is 38.2 Å². The molecule has 19 heavy (non-hydrogen) atoms. The number of carbonyl (C=O) groups is 1. The molecular formula is C15H22N2O2. The summed E-state index contributed by atoms with van der Waals surface area (Å²) >= 11 is 0. The molecule has 0 aromatic carbocycles. The van der Waals surface area contributed by atoms with E-state index in [2.05, 4.69) is 9.88 Å². The molecule has 0 amide bonds. The van der Waals surface area contributed by atoms with Crippen molar-refractivity contribution in [3.63, 3.8) is 0 Å². The number of piperidine rings is 1. The van der Waals surface area contributed by atoms with E-state index in [4.69, 9.17) is 0 Å². The van der Waals surface area contributed by atoms with Crippen molar-refractivity contribution in [1.82, 2.24) is 9.88 Å². The van der Waals surface area contributed by atoms with Crippen LogP contribution >= 0.6 is 0 Å². The Bertz CT molecular complexity index is 431. The van der Waals surface area contributed by atoms with Crippen LogP contribution in [-0.2, 0) is 11.3 Å². The van der Waals surface area contributed by atoms with Crippen molar-refractivity contribution in [3.05, 3.63) is 30.1 Å². The molecule has 0 saturated carbocycles. The molecule has 1 saturated heterocycles. The number of aliphatic carboxylic acids is 1. The lowest BCUT2D eigenvalue weighted by Gasteiger charge is -2.39. The SMILES string of the molecule is CC(C)(C(=O)O)C1CCCN(Cc2ccccn2)C1. The van der Waals surface area contributed by atoms with E-state index in [1.54, 1.807) is 6.20 Å². The molecule has 0 aliphatic carbocycles. The smallest absolute Gasteiger partial charge is 0.309 e. The summed E-state index contributed by atoms with van der Waals surface area (Å²) in [6.07, 6.45) is 3.87. The second kappa shape index (κ2) is 5.70. The summed E-state index contributed by atoms with van der Waals surface area (Å²) < 4.78 is 0. The molecule has 2 rings (SSSR count). The summed E-state index contributed by atoms with van der Waals surface area (Å²) in [6, 6.07) is 5.92. The Balaban J connectivity index is 2.00. The Labute approximate surface area is 114 Å². The van der Waals surface area contributed by atoms with Crippen LogP contribution in [-0.4, -0.2) is 34.0 Å². The highest BCUT2D eigenvalue weighted by molar-refractivity contribution is 5.74. The van der Waals surface area contributed by atoms with Gasteiger partial charge < -0.3 is 5.11 Å². The summed E-state index contributed by atoms with van der Waals surface area (Å²) in [5, 5.41) is 9.34. The van der Waals surface area contributed by atoms with Crippen molar-refractivity contribution in [3.8, 4) is 0 Å². The van der Waals surface area contributed by atoms with Gasteiger partial charge in [-0.2, -0.15) is 0 Å². The van der Waals surface area contributed by atoms with Gasteiger partial charge in [0.25, 0.3) is 0 Å². The normalized spacial score (nSPS) is 21.3. The molecule has 1 unspecified atom stereocenters. The van der Waals surface area contributed by atoms with Gasteiger partial charge in [-0.05, 0) is 51.3 Å². The Hall–Kier alpha value is -1.42. The lowest BCUT2D eigenvalue weighted by molar-refractivity contribution is -0.151. The Morgan fingerprint density at radius 3 is 2.95 bits per heavy atom. The van der Waals surface area contributed by atoms with Gasteiger partial charge >= 0.3 is 5.97 Å². The predicted octanol–water partition coefficient (Wildman–Crippen LogP) is 2.40. The van der Waals surface area contributed by atoms with Crippen molar-refractivity contribution in [1.29, 1.82) is 0 Å². The summed E-state index contributed by atoms with van der Waals surface area (Å²) in [7, 11) is 0. The molecule has 4 nitrogen and oxygen atoms in total. The van der Waals surface area contributed by atoms with Gasteiger partial charge in [-0.25, -0.2) is 0 Å². The monoisotopic (exact) mass is 262 g/mol. The second-order valence-corrected chi connectivity index (χ2v) is 5.92. The molecule has 0 radical (unpaired) electrons. The highest BCUT2D eigenvalue weighted by Gasteiger charge is 2.38. The number of likely N-dealkylation sites (tertiary alicyclic amines) is 1. The van der Waals surface area contributed by atoms with Crippen molar-refractivity contribution in [2.24, 2.45) is 11.3 Å². The highest BCUT2D eigenvalue weighted by atomic mass is 16.4. The van der Waals surface area contributed by atoms with Crippen LogP contribution in [0.4, 0.5) is 0 Å². The van der Waals surface area contributed by atoms with Gasteiger partial charge in [-0.15, -0.1) is 0 Å². The Morgan fingerprint density at radius 2 is 2.32 bits per heavy atom. The van der Waals surface area contributed by atoms with Gasteiger partial charge in [-0.1, -0.05) is 6.07 Å². The summed E-state index contributed by atoms with van der Waals surface area (Å²) in [5.74, 6) is -0.486. The van der Waals surface area contributed by atoms with Crippen LogP contribution in [0.5, 0.6) is 0 Å². The summed E-state index contributed by atoms with van der Waals surface area (Å²) in [6.45, 7) is 6.36. The zero-order chi connectivity index (χ0) is 13.9. The standard InChI is InChI=1S/C15H22N2O2/c1-15(2,14(18)19)12-6-5-9-17(10-12)11-13-7-3-4-8-16-13/h3-4,7-8,12H,5-6,9-11H2,1-2H3,(H,18,19). The van der Waals surface area contributed by atoms with E-state index in [1.807, 2.05) is 32.0 Å². The largest absolute Gasteiger partial charge is 0.481 e. The van der Waals surface area contributed by atoms with Crippen molar-refractivity contribution < 1.29 is 9.90 Å². The number of nitrogens with zero attached hydrogens (tertiary/aromatic N) is 2. The van der Waals surface area contributed by atoms with Crippen LogP contribution in [0.1, 0.15) is 32.4 Å². The van der Waals surface area contributed by atoms with Gasteiger partial charge in [-0.3, -0.25) is 14.7 Å². The molecule has 1 aromatic heterocycles. The van der Waals surface area contributed by atoms with Crippen LogP contribution in [0, 0.1) is 11.3 Å². The molecule has 1 aliphatic heterocycles. The molecule has 1 N–H and O–H groups in total. The maximum atomic E-state index is 11.4. The third-order valence-electron chi connectivity index (χ3n) is 4.19. The topological polar surface area (TPSA) is 53.4 Å². The summed E-state index contributed by atoms with van der Waals surface area (Å²) in [4.78, 5) is 18.0. The average molecular weight is 262 g/mol. The number of hydrogen-bond donors (Lipinski definition) is 1. The third-order valence-corrected chi connectivity index (χ3v) is 4.19. The molecule has 0 spiro atoms. The first-order valence-electron chi connectivity index (χ1n) is 6.86. The third kappa shape index (κ3) is 3.32. The molecular weight excluding hydrogens is 240 g/mol. The van der Waals surface area contributed by atoms with E-state index < -0.39 is 11.4 Å². The summed E-state index contributed by atoms with van der Waals surface area (Å²) in [5.41, 5.74) is 0.402. The molecule has 1 aliphatic rings. The minimum atomic E-state index is -0.697. The van der Waals surface area contributed by atoms with E-state index in [-0.39, 0.29) is 5.92 Å². The van der Waals surface area contributed by atoms with Gasteiger partial charge in [0.2, 0.25) is 0 Å².